The minimum Gasteiger partial charge on any atom is -0.394 e. The maximum Gasteiger partial charge on any atom is 0.220 e. The van der Waals surface area contributed by atoms with Gasteiger partial charge in [-0.05, 0) is 12.8 Å². The number of ether oxygens (including phenoxy) is 2. The van der Waals surface area contributed by atoms with E-state index in [4.69, 9.17) is 9.47 Å². The summed E-state index contributed by atoms with van der Waals surface area (Å²) in [5.41, 5.74) is 0. The molecule has 0 aliphatic carbocycles. The van der Waals surface area contributed by atoms with Crippen LogP contribution in [0.2, 0.25) is 0 Å². The lowest BCUT2D eigenvalue weighted by molar-refractivity contribution is -0.302. The van der Waals surface area contributed by atoms with Gasteiger partial charge in [0.1, 0.15) is 24.4 Å². The number of aliphatic hydroxyl groups is 5. The molecular formula is C42H83NO8. The highest BCUT2D eigenvalue weighted by atomic mass is 16.7. The molecule has 1 fully saturated rings. The van der Waals surface area contributed by atoms with E-state index in [0.29, 0.717) is 12.8 Å². The van der Waals surface area contributed by atoms with Crippen molar-refractivity contribution in [1.29, 1.82) is 0 Å². The highest BCUT2D eigenvalue weighted by Crippen LogP contribution is 2.23. The number of amides is 1. The molecule has 1 amide bonds. The van der Waals surface area contributed by atoms with Crippen molar-refractivity contribution in [2.45, 2.75) is 249 Å². The molecule has 0 aromatic rings. The van der Waals surface area contributed by atoms with Gasteiger partial charge >= 0.3 is 0 Å². The molecule has 1 aliphatic rings. The van der Waals surface area contributed by atoms with E-state index in [1.54, 1.807) is 0 Å². The van der Waals surface area contributed by atoms with Crippen molar-refractivity contribution < 1.29 is 39.8 Å². The third-order valence-electron chi connectivity index (χ3n) is 10.7. The Morgan fingerprint density at radius 1 is 0.588 bits per heavy atom. The van der Waals surface area contributed by atoms with Crippen LogP contribution in [0.25, 0.3) is 0 Å². The largest absolute Gasteiger partial charge is 0.394 e. The van der Waals surface area contributed by atoms with Crippen molar-refractivity contribution in [3.05, 3.63) is 0 Å². The lowest BCUT2D eigenvalue weighted by Gasteiger charge is -2.40. The van der Waals surface area contributed by atoms with Crippen LogP contribution in [-0.4, -0.2) is 87.5 Å². The highest BCUT2D eigenvalue weighted by molar-refractivity contribution is 5.76. The number of rotatable bonds is 36. The van der Waals surface area contributed by atoms with E-state index in [2.05, 4.69) is 19.2 Å². The number of carbonyl (C=O) groups excluding carboxylic acids is 1. The number of hydrogen-bond acceptors (Lipinski definition) is 8. The fraction of sp³-hybridized carbons (Fsp3) is 0.976. The summed E-state index contributed by atoms with van der Waals surface area (Å²) in [7, 11) is 0. The molecule has 9 heteroatoms. The molecule has 304 valence electrons. The van der Waals surface area contributed by atoms with Crippen molar-refractivity contribution in [3.63, 3.8) is 0 Å². The van der Waals surface area contributed by atoms with E-state index in [1.165, 1.54) is 141 Å². The van der Waals surface area contributed by atoms with E-state index >= 15 is 0 Å². The molecule has 51 heavy (non-hydrogen) atoms. The van der Waals surface area contributed by atoms with Gasteiger partial charge in [-0.15, -0.1) is 0 Å². The van der Waals surface area contributed by atoms with Gasteiger partial charge in [-0.1, -0.05) is 187 Å². The normalized spacial score (nSPS) is 21.9. The first-order chi connectivity index (χ1) is 24.8. The van der Waals surface area contributed by atoms with E-state index in [1.807, 2.05) is 0 Å². The second-order valence-corrected chi connectivity index (χ2v) is 15.5. The zero-order valence-electron chi connectivity index (χ0n) is 33.1. The Morgan fingerprint density at radius 2 is 0.980 bits per heavy atom. The molecule has 6 N–H and O–H groups in total. The minimum absolute atomic E-state index is 0.133. The van der Waals surface area contributed by atoms with Gasteiger partial charge in [0.05, 0.1) is 25.4 Å². The molecule has 1 saturated heterocycles. The first-order valence-electron chi connectivity index (χ1n) is 21.7. The Bertz CT molecular complexity index is 771. The fourth-order valence-corrected chi connectivity index (χ4v) is 7.16. The topological polar surface area (TPSA) is 149 Å². The van der Waals surface area contributed by atoms with Gasteiger partial charge in [0.25, 0.3) is 0 Å². The monoisotopic (exact) mass is 730 g/mol. The summed E-state index contributed by atoms with van der Waals surface area (Å²) in [6.07, 6.45) is 28.3. The molecule has 9 nitrogen and oxygen atoms in total. The molecule has 1 aliphatic heterocycles. The van der Waals surface area contributed by atoms with Gasteiger partial charge in [0.15, 0.2) is 6.29 Å². The average Bonchev–Trinajstić information content (AvgIpc) is 3.13. The molecule has 0 bridgehead atoms. The Morgan fingerprint density at radius 3 is 1.39 bits per heavy atom. The summed E-state index contributed by atoms with van der Waals surface area (Å²) >= 11 is 0. The molecule has 0 spiro atoms. The Labute approximate surface area is 313 Å². The molecular weight excluding hydrogens is 646 g/mol. The van der Waals surface area contributed by atoms with E-state index in [0.717, 1.165) is 38.5 Å². The van der Waals surface area contributed by atoms with Crippen LogP contribution in [-0.2, 0) is 14.3 Å². The third kappa shape index (κ3) is 25.0. The van der Waals surface area contributed by atoms with Crippen LogP contribution in [0.3, 0.4) is 0 Å². The maximum absolute atomic E-state index is 12.9. The standard InChI is InChI=1S/C42H83NO8/c1-3-5-7-9-11-13-14-15-16-17-18-19-20-21-22-24-26-28-30-32-38(46)43-35(36(45)31-29-27-25-23-12-10-8-6-4-2)34-50-42-41(49)40(48)39(47)37(33-44)51-42/h35-37,39-42,44-45,47-49H,3-34H2,1-2H3,(H,43,46)/t35-,36+,37+,39+,40?,41?,42+/m0/s1. The Hall–Kier alpha value is -0.810. The number of unbranched alkanes of at least 4 members (excludes halogenated alkanes) is 26. The van der Waals surface area contributed by atoms with Crippen molar-refractivity contribution in [2.75, 3.05) is 13.2 Å². The lowest BCUT2D eigenvalue weighted by atomic mass is 9.99. The number of nitrogens with one attached hydrogen (secondary N) is 1. The van der Waals surface area contributed by atoms with Crippen molar-refractivity contribution in [1.82, 2.24) is 5.32 Å². The summed E-state index contributed by atoms with van der Waals surface area (Å²) in [6, 6.07) is -0.709. The van der Waals surface area contributed by atoms with Gasteiger partial charge in [0.2, 0.25) is 5.91 Å². The second kappa shape index (κ2) is 33.7. The molecule has 2 unspecified atom stereocenters. The summed E-state index contributed by atoms with van der Waals surface area (Å²) in [5.74, 6) is -0.143. The van der Waals surface area contributed by atoms with E-state index < -0.39 is 49.5 Å². The number of aliphatic hydroxyl groups excluding tert-OH is 5. The smallest absolute Gasteiger partial charge is 0.220 e. The van der Waals surface area contributed by atoms with Gasteiger partial charge < -0.3 is 40.3 Å². The van der Waals surface area contributed by atoms with Crippen molar-refractivity contribution in [3.8, 4) is 0 Å². The fourth-order valence-electron chi connectivity index (χ4n) is 7.16. The molecule has 0 aromatic heterocycles. The van der Waals surface area contributed by atoms with Gasteiger partial charge in [-0.3, -0.25) is 4.79 Å². The molecule has 7 atom stereocenters. The highest BCUT2D eigenvalue weighted by Gasteiger charge is 2.44. The molecule has 1 rings (SSSR count). The van der Waals surface area contributed by atoms with Crippen LogP contribution >= 0.6 is 0 Å². The first kappa shape index (κ1) is 48.2. The molecule has 0 aromatic carbocycles. The third-order valence-corrected chi connectivity index (χ3v) is 10.7. The zero-order valence-corrected chi connectivity index (χ0v) is 33.1. The van der Waals surface area contributed by atoms with Crippen LogP contribution in [0.4, 0.5) is 0 Å². The predicted molar refractivity (Wildman–Crippen MR) is 208 cm³/mol. The van der Waals surface area contributed by atoms with Crippen molar-refractivity contribution >= 4 is 5.91 Å². The molecule has 0 radical (unpaired) electrons. The quantitative estimate of drug-likeness (QED) is 0.0353. The molecule has 0 saturated carbocycles. The van der Waals surface area contributed by atoms with E-state index in [-0.39, 0.29) is 12.5 Å². The lowest BCUT2D eigenvalue weighted by Crippen LogP contribution is -2.60. The zero-order chi connectivity index (χ0) is 37.4. The number of hydrogen-bond donors (Lipinski definition) is 6. The predicted octanol–water partition coefficient (Wildman–Crippen LogP) is 8.39. The van der Waals surface area contributed by atoms with Gasteiger partial charge in [-0.2, -0.15) is 0 Å². The van der Waals surface area contributed by atoms with Gasteiger partial charge in [-0.25, -0.2) is 0 Å². The number of carbonyl (C=O) groups is 1. The summed E-state index contributed by atoms with van der Waals surface area (Å²) in [5, 5.41) is 54.1. The Kier molecular flexibility index (Phi) is 31.9. The van der Waals surface area contributed by atoms with Crippen LogP contribution in [0.15, 0.2) is 0 Å². The average molecular weight is 730 g/mol. The van der Waals surface area contributed by atoms with Crippen molar-refractivity contribution in [2.24, 2.45) is 0 Å². The van der Waals surface area contributed by atoms with Crippen LogP contribution < -0.4 is 5.32 Å². The van der Waals surface area contributed by atoms with Crippen LogP contribution in [0, 0.1) is 0 Å². The van der Waals surface area contributed by atoms with Gasteiger partial charge in [0, 0.05) is 6.42 Å². The van der Waals surface area contributed by atoms with Crippen LogP contribution in [0.1, 0.15) is 206 Å². The van der Waals surface area contributed by atoms with Crippen LogP contribution in [0.5, 0.6) is 0 Å². The SMILES string of the molecule is CCCCCCCCCCCCCCCCCCCCCC(=O)N[C@@H](CO[C@@H]1O[C@H](CO)[C@@H](O)C(O)C1O)[C@H](O)CCCCCCCCCCC. The summed E-state index contributed by atoms with van der Waals surface area (Å²) in [6.45, 7) is 3.81. The maximum atomic E-state index is 12.9. The summed E-state index contributed by atoms with van der Waals surface area (Å²) in [4.78, 5) is 12.9. The Balaban J connectivity index is 2.27. The molecule has 1 heterocycles. The second-order valence-electron chi connectivity index (χ2n) is 15.5. The minimum atomic E-state index is -1.55. The van der Waals surface area contributed by atoms with E-state index in [9.17, 15) is 30.3 Å². The summed E-state index contributed by atoms with van der Waals surface area (Å²) < 4.78 is 11.2. The first-order valence-corrected chi connectivity index (χ1v) is 21.7.